The molecule has 0 amide bonds. The van der Waals surface area contributed by atoms with E-state index in [2.05, 4.69) is 4.90 Å². The zero-order valence-electron chi connectivity index (χ0n) is 12.3. The molecule has 0 N–H and O–H groups in total. The first-order valence-electron chi connectivity index (χ1n) is 7.42. The van der Waals surface area contributed by atoms with Gasteiger partial charge in [-0.25, -0.2) is 0 Å². The summed E-state index contributed by atoms with van der Waals surface area (Å²) in [7, 11) is 0. The summed E-state index contributed by atoms with van der Waals surface area (Å²) in [4.78, 5) is 14.7. The lowest BCUT2D eigenvalue weighted by molar-refractivity contribution is 0.0342. The van der Waals surface area contributed by atoms with Crippen LogP contribution < -0.4 is 0 Å². The largest absolute Gasteiger partial charge is 0.379 e. The molecular formula is C18H18ClNO2. The summed E-state index contributed by atoms with van der Waals surface area (Å²) in [5.74, 6) is 0.0228. The number of carbonyl (C=O) groups is 1. The number of rotatable bonds is 4. The lowest BCUT2D eigenvalue weighted by atomic mass is 10.0. The third kappa shape index (κ3) is 3.74. The van der Waals surface area contributed by atoms with Crippen LogP contribution in [0.2, 0.25) is 5.02 Å². The summed E-state index contributed by atoms with van der Waals surface area (Å²) in [5.41, 5.74) is 2.58. The fourth-order valence-corrected chi connectivity index (χ4v) is 2.67. The molecule has 0 aromatic heterocycles. The first-order chi connectivity index (χ1) is 10.7. The lowest BCUT2D eigenvalue weighted by Gasteiger charge is -2.26. The maximum atomic E-state index is 12.4. The molecule has 3 nitrogen and oxygen atoms in total. The number of ether oxygens (including phenoxy) is 1. The van der Waals surface area contributed by atoms with Crippen molar-refractivity contribution in [2.75, 3.05) is 26.3 Å². The van der Waals surface area contributed by atoms with Crippen molar-refractivity contribution in [3.63, 3.8) is 0 Å². The summed E-state index contributed by atoms with van der Waals surface area (Å²) < 4.78 is 5.35. The molecule has 22 heavy (non-hydrogen) atoms. The van der Waals surface area contributed by atoms with Crippen molar-refractivity contribution >= 4 is 17.4 Å². The maximum Gasteiger partial charge on any atom is 0.193 e. The average Bonchev–Trinajstić information content (AvgIpc) is 2.57. The molecule has 4 heteroatoms. The Bertz CT molecular complexity index is 631. The lowest BCUT2D eigenvalue weighted by Crippen LogP contribution is -2.35. The van der Waals surface area contributed by atoms with Gasteiger partial charge in [-0.15, -0.1) is 0 Å². The van der Waals surface area contributed by atoms with Gasteiger partial charge in [0, 0.05) is 35.8 Å². The fourth-order valence-electron chi connectivity index (χ4n) is 2.55. The molecule has 0 spiro atoms. The standard InChI is InChI=1S/C18H18ClNO2/c19-17-7-5-16(6-8-17)18(21)15-3-1-14(2-4-15)13-20-9-11-22-12-10-20/h1-8H,9-13H2. The van der Waals surface area contributed by atoms with Gasteiger partial charge in [0.25, 0.3) is 0 Å². The van der Waals surface area contributed by atoms with Crippen LogP contribution in [0, 0.1) is 0 Å². The highest BCUT2D eigenvalue weighted by atomic mass is 35.5. The molecule has 2 aromatic carbocycles. The first kappa shape index (κ1) is 15.2. The van der Waals surface area contributed by atoms with E-state index in [9.17, 15) is 4.79 Å². The van der Waals surface area contributed by atoms with Crippen LogP contribution in [0.3, 0.4) is 0 Å². The summed E-state index contributed by atoms with van der Waals surface area (Å²) in [6.45, 7) is 4.43. The van der Waals surface area contributed by atoms with Crippen LogP contribution in [0.25, 0.3) is 0 Å². The number of hydrogen-bond acceptors (Lipinski definition) is 3. The van der Waals surface area contributed by atoms with Crippen molar-refractivity contribution in [3.05, 3.63) is 70.2 Å². The Kier molecular flexibility index (Phi) is 4.88. The second kappa shape index (κ2) is 7.05. The van der Waals surface area contributed by atoms with Gasteiger partial charge in [0.15, 0.2) is 5.78 Å². The average molecular weight is 316 g/mol. The van der Waals surface area contributed by atoms with Gasteiger partial charge in [0.1, 0.15) is 0 Å². The zero-order valence-corrected chi connectivity index (χ0v) is 13.1. The summed E-state index contributed by atoms with van der Waals surface area (Å²) >= 11 is 5.85. The van der Waals surface area contributed by atoms with Crippen molar-refractivity contribution in [2.24, 2.45) is 0 Å². The quantitative estimate of drug-likeness (QED) is 0.810. The van der Waals surface area contributed by atoms with E-state index >= 15 is 0 Å². The minimum Gasteiger partial charge on any atom is -0.379 e. The number of ketones is 1. The van der Waals surface area contributed by atoms with Crippen molar-refractivity contribution in [1.82, 2.24) is 4.90 Å². The van der Waals surface area contributed by atoms with Gasteiger partial charge >= 0.3 is 0 Å². The van der Waals surface area contributed by atoms with Gasteiger partial charge < -0.3 is 4.74 Å². The topological polar surface area (TPSA) is 29.5 Å². The summed E-state index contributed by atoms with van der Waals surface area (Å²) in [6.07, 6.45) is 0. The van der Waals surface area contributed by atoms with E-state index in [0.717, 1.165) is 32.8 Å². The highest BCUT2D eigenvalue weighted by Crippen LogP contribution is 2.15. The Balaban J connectivity index is 1.68. The van der Waals surface area contributed by atoms with Gasteiger partial charge in [-0.3, -0.25) is 9.69 Å². The Morgan fingerprint density at radius 2 is 1.50 bits per heavy atom. The smallest absolute Gasteiger partial charge is 0.193 e. The molecule has 1 aliphatic heterocycles. The van der Waals surface area contributed by atoms with Crippen molar-refractivity contribution in [3.8, 4) is 0 Å². The van der Waals surface area contributed by atoms with E-state index in [1.54, 1.807) is 24.3 Å². The van der Waals surface area contributed by atoms with Gasteiger partial charge in [0.05, 0.1) is 13.2 Å². The number of carbonyl (C=O) groups excluding carboxylic acids is 1. The van der Waals surface area contributed by atoms with E-state index in [4.69, 9.17) is 16.3 Å². The van der Waals surface area contributed by atoms with Gasteiger partial charge in [0.2, 0.25) is 0 Å². The van der Waals surface area contributed by atoms with E-state index in [1.165, 1.54) is 5.56 Å². The third-order valence-corrected chi connectivity index (χ3v) is 4.08. The normalized spacial score (nSPS) is 15.7. The van der Waals surface area contributed by atoms with Crippen molar-refractivity contribution < 1.29 is 9.53 Å². The predicted molar refractivity (Wildman–Crippen MR) is 87.4 cm³/mol. The maximum absolute atomic E-state index is 12.4. The van der Waals surface area contributed by atoms with Gasteiger partial charge in [-0.1, -0.05) is 35.9 Å². The second-order valence-electron chi connectivity index (χ2n) is 5.42. The van der Waals surface area contributed by atoms with E-state index in [-0.39, 0.29) is 5.78 Å². The minimum absolute atomic E-state index is 0.0228. The highest BCUT2D eigenvalue weighted by molar-refractivity contribution is 6.30. The van der Waals surface area contributed by atoms with Crippen LogP contribution in [0.15, 0.2) is 48.5 Å². The number of morpholine rings is 1. The molecular weight excluding hydrogens is 298 g/mol. The third-order valence-electron chi connectivity index (χ3n) is 3.83. The van der Waals surface area contributed by atoms with Crippen LogP contribution in [0.1, 0.15) is 21.5 Å². The molecule has 2 aromatic rings. The molecule has 0 unspecified atom stereocenters. The molecule has 1 saturated heterocycles. The molecule has 1 heterocycles. The summed E-state index contributed by atoms with van der Waals surface area (Å²) in [6, 6.07) is 14.8. The summed E-state index contributed by atoms with van der Waals surface area (Å²) in [5, 5.41) is 0.636. The van der Waals surface area contributed by atoms with Gasteiger partial charge in [-0.05, 0) is 29.8 Å². The van der Waals surface area contributed by atoms with Crippen LogP contribution in [0.5, 0.6) is 0 Å². The number of hydrogen-bond donors (Lipinski definition) is 0. The molecule has 0 saturated carbocycles. The zero-order chi connectivity index (χ0) is 15.4. The molecule has 0 radical (unpaired) electrons. The number of benzene rings is 2. The van der Waals surface area contributed by atoms with E-state index in [0.29, 0.717) is 16.1 Å². The molecule has 0 atom stereocenters. The second-order valence-corrected chi connectivity index (χ2v) is 5.86. The Morgan fingerprint density at radius 1 is 0.955 bits per heavy atom. The molecule has 0 bridgehead atoms. The monoisotopic (exact) mass is 315 g/mol. The Labute approximate surface area is 135 Å². The Hall–Kier alpha value is -1.68. The number of halogens is 1. The molecule has 114 valence electrons. The van der Waals surface area contributed by atoms with Crippen LogP contribution >= 0.6 is 11.6 Å². The molecule has 1 aliphatic rings. The highest BCUT2D eigenvalue weighted by Gasteiger charge is 2.12. The molecule has 0 aliphatic carbocycles. The molecule has 1 fully saturated rings. The van der Waals surface area contributed by atoms with E-state index in [1.807, 2.05) is 24.3 Å². The van der Waals surface area contributed by atoms with Gasteiger partial charge in [-0.2, -0.15) is 0 Å². The number of nitrogens with zero attached hydrogens (tertiary/aromatic N) is 1. The van der Waals surface area contributed by atoms with Crippen LogP contribution in [-0.4, -0.2) is 37.0 Å². The van der Waals surface area contributed by atoms with Crippen molar-refractivity contribution in [2.45, 2.75) is 6.54 Å². The van der Waals surface area contributed by atoms with Crippen molar-refractivity contribution in [1.29, 1.82) is 0 Å². The first-order valence-corrected chi connectivity index (χ1v) is 7.79. The molecule has 3 rings (SSSR count). The minimum atomic E-state index is 0.0228. The van der Waals surface area contributed by atoms with Crippen LogP contribution in [0.4, 0.5) is 0 Å². The SMILES string of the molecule is O=C(c1ccc(Cl)cc1)c1ccc(CN2CCOCC2)cc1. The Morgan fingerprint density at radius 3 is 2.09 bits per heavy atom. The van der Waals surface area contributed by atoms with Crippen LogP contribution in [-0.2, 0) is 11.3 Å². The predicted octanol–water partition coefficient (Wildman–Crippen LogP) is 3.40. The fraction of sp³-hybridized carbons (Fsp3) is 0.278. The van der Waals surface area contributed by atoms with E-state index < -0.39 is 0 Å².